The van der Waals surface area contributed by atoms with E-state index in [-0.39, 0.29) is 24.1 Å². The van der Waals surface area contributed by atoms with Crippen LogP contribution in [0.15, 0.2) is 0 Å². The lowest BCUT2D eigenvalue weighted by Crippen LogP contribution is -2.28. The van der Waals surface area contributed by atoms with Gasteiger partial charge in [0, 0.05) is 4.55 Å². The second-order valence-electron chi connectivity index (χ2n) is 8.30. The third-order valence-corrected chi connectivity index (χ3v) is 6.12. The van der Waals surface area contributed by atoms with Crippen LogP contribution in [0.25, 0.3) is 0 Å². The Morgan fingerprint density at radius 3 is 2.70 bits per heavy atom. The van der Waals surface area contributed by atoms with E-state index < -0.39 is 0 Å². The molecule has 27 heavy (non-hydrogen) atoms. The molecule has 1 aliphatic carbocycles. The van der Waals surface area contributed by atoms with Crippen molar-refractivity contribution in [1.82, 2.24) is 5.32 Å². The molecule has 1 fully saturated rings. The lowest BCUT2D eigenvalue weighted by Gasteiger charge is -2.29. The molecule has 0 bridgehead atoms. The number of carbonyl (C=O) groups is 1. The lowest BCUT2D eigenvalue weighted by molar-refractivity contribution is -0.150. The number of aliphatic hydroxyl groups is 1. The smallest absolute Gasteiger partial charge is 0.308 e. The van der Waals surface area contributed by atoms with E-state index in [0.717, 1.165) is 55.5 Å². The monoisotopic (exact) mass is 497 g/mol. The summed E-state index contributed by atoms with van der Waals surface area (Å²) in [7, 11) is 0. The predicted octanol–water partition coefficient (Wildman–Crippen LogP) is 4.65. The summed E-state index contributed by atoms with van der Waals surface area (Å²) < 4.78 is 11.9. The Kier molecular flexibility index (Phi) is 13.9. The topological polar surface area (TPSA) is 67.8 Å². The van der Waals surface area contributed by atoms with Crippen molar-refractivity contribution in [3.8, 4) is 0 Å². The molecule has 1 rings (SSSR count). The zero-order valence-electron chi connectivity index (χ0n) is 17.3. The van der Waals surface area contributed by atoms with E-state index >= 15 is 0 Å². The quantitative estimate of drug-likeness (QED) is 0.0721. The number of unbranched alkanes of at least 4 members (excludes halogenated alkanes) is 1. The third kappa shape index (κ3) is 12.3. The Labute approximate surface area is 179 Å². The van der Waals surface area contributed by atoms with Gasteiger partial charge < -0.3 is 19.9 Å². The first-order chi connectivity index (χ1) is 13.0. The molecule has 160 valence electrons. The molecule has 0 aromatic carbocycles. The summed E-state index contributed by atoms with van der Waals surface area (Å²) in [4.78, 5) is 12.5. The first-order valence-corrected chi connectivity index (χ1v) is 12.2. The van der Waals surface area contributed by atoms with E-state index in [4.69, 9.17) is 14.6 Å². The van der Waals surface area contributed by atoms with Gasteiger partial charge >= 0.3 is 5.97 Å². The average Bonchev–Trinajstić information content (AvgIpc) is 3.47. The number of nitrogens with one attached hydrogen (secondary N) is 1. The highest BCUT2D eigenvalue weighted by molar-refractivity contribution is 14.1. The molecule has 2 atom stereocenters. The second kappa shape index (κ2) is 15.0. The molecule has 2 N–H and O–H groups in total. The number of esters is 1. The van der Waals surface area contributed by atoms with Crippen LogP contribution in [0, 0.1) is 17.3 Å². The van der Waals surface area contributed by atoms with Crippen molar-refractivity contribution in [3.63, 3.8) is 0 Å². The maximum absolute atomic E-state index is 12.5. The van der Waals surface area contributed by atoms with Gasteiger partial charge in [0.05, 0.1) is 19.1 Å². The molecule has 0 aromatic rings. The molecule has 1 saturated carbocycles. The molecule has 0 heterocycles. The van der Waals surface area contributed by atoms with Crippen molar-refractivity contribution >= 4 is 28.6 Å². The Hall–Kier alpha value is 0.0800. The van der Waals surface area contributed by atoms with Gasteiger partial charge in [0.15, 0.2) is 0 Å². The molecule has 0 saturated heterocycles. The van der Waals surface area contributed by atoms with Crippen LogP contribution in [0.3, 0.4) is 0 Å². The van der Waals surface area contributed by atoms with Gasteiger partial charge in [-0.05, 0) is 43.6 Å². The summed E-state index contributed by atoms with van der Waals surface area (Å²) in [5, 5.41) is 12.3. The normalized spacial score (nSPS) is 17.5. The highest BCUT2D eigenvalue weighted by atomic mass is 127. The minimum atomic E-state index is -0.249. The van der Waals surface area contributed by atoms with Gasteiger partial charge in [-0.25, -0.2) is 0 Å². The Bertz CT molecular complexity index is 392. The molecule has 1 unspecified atom stereocenters. The number of alkyl halides is 1. The van der Waals surface area contributed by atoms with E-state index in [1.165, 1.54) is 25.7 Å². The van der Waals surface area contributed by atoms with E-state index in [2.05, 4.69) is 41.8 Å². The summed E-state index contributed by atoms with van der Waals surface area (Å²) in [6.07, 6.45) is 11.0. The largest absolute Gasteiger partial charge is 0.465 e. The molecule has 0 aliphatic heterocycles. The molecular weight excluding hydrogens is 457 g/mol. The Morgan fingerprint density at radius 1 is 1.30 bits per heavy atom. The molecule has 1 aliphatic rings. The molecule has 0 radical (unpaired) electrons. The third-order valence-electron chi connectivity index (χ3n) is 5.58. The summed E-state index contributed by atoms with van der Waals surface area (Å²) in [5.74, 6) is 0.874. The fourth-order valence-electron chi connectivity index (χ4n) is 3.47. The summed E-state index contributed by atoms with van der Waals surface area (Å²) in [6.45, 7) is 5.90. The maximum atomic E-state index is 12.5. The van der Waals surface area contributed by atoms with Gasteiger partial charge in [0.25, 0.3) is 0 Å². The van der Waals surface area contributed by atoms with Crippen LogP contribution in [0.2, 0.25) is 0 Å². The molecular formula is C21H40INO4. The molecule has 0 aromatic heterocycles. The van der Waals surface area contributed by atoms with Crippen LogP contribution in [0.1, 0.15) is 78.1 Å². The highest BCUT2D eigenvalue weighted by Gasteiger charge is 2.28. The van der Waals surface area contributed by atoms with Crippen LogP contribution in [-0.2, 0) is 14.3 Å². The van der Waals surface area contributed by atoms with E-state index in [1.54, 1.807) is 0 Å². The van der Waals surface area contributed by atoms with Crippen molar-refractivity contribution in [2.75, 3.05) is 31.1 Å². The zero-order chi connectivity index (χ0) is 20.0. The number of rotatable bonds is 18. The fraction of sp³-hybridized carbons (Fsp3) is 0.952. The minimum Gasteiger partial charge on any atom is -0.465 e. The van der Waals surface area contributed by atoms with Gasteiger partial charge in [-0.3, -0.25) is 4.79 Å². The highest BCUT2D eigenvalue weighted by Crippen LogP contribution is 2.37. The number of ether oxygens (including phenoxy) is 2. The first kappa shape index (κ1) is 25.1. The van der Waals surface area contributed by atoms with E-state index in [0.29, 0.717) is 13.2 Å². The average molecular weight is 497 g/mol. The SMILES string of the molecule is CCCCC(CCNCI)C(=O)OCC[C@](C)(CCCC1CC1)COCO. The minimum absolute atomic E-state index is 0.00443. The lowest BCUT2D eigenvalue weighted by atomic mass is 9.82. The maximum Gasteiger partial charge on any atom is 0.308 e. The van der Waals surface area contributed by atoms with E-state index in [9.17, 15) is 4.79 Å². The molecule has 6 heteroatoms. The fourth-order valence-corrected chi connectivity index (χ4v) is 3.86. The zero-order valence-corrected chi connectivity index (χ0v) is 19.5. The Balaban J connectivity index is 2.39. The van der Waals surface area contributed by atoms with E-state index in [1.807, 2.05) is 0 Å². The van der Waals surface area contributed by atoms with Crippen LogP contribution in [0.5, 0.6) is 0 Å². The van der Waals surface area contributed by atoms with Crippen LogP contribution in [-0.4, -0.2) is 42.2 Å². The predicted molar refractivity (Wildman–Crippen MR) is 118 cm³/mol. The van der Waals surface area contributed by atoms with Crippen LogP contribution in [0.4, 0.5) is 0 Å². The van der Waals surface area contributed by atoms with Gasteiger partial charge in [-0.2, -0.15) is 0 Å². The van der Waals surface area contributed by atoms with Crippen molar-refractivity contribution in [3.05, 3.63) is 0 Å². The van der Waals surface area contributed by atoms with Crippen molar-refractivity contribution < 1.29 is 19.4 Å². The number of carbonyl (C=O) groups excluding carboxylic acids is 1. The van der Waals surface area contributed by atoms with Crippen LogP contribution < -0.4 is 5.32 Å². The molecule has 5 nitrogen and oxygen atoms in total. The first-order valence-electron chi connectivity index (χ1n) is 10.7. The molecule has 0 amide bonds. The van der Waals surface area contributed by atoms with Crippen molar-refractivity contribution in [2.24, 2.45) is 17.3 Å². The standard InChI is InChI=1S/C21H40INO4/c1-3-4-7-19(10-13-23-16-22)20(25)27-14-12-21(2,15-26-17-24)11-5-6-18-8-9-18/h18-19,23-24H,3-17H2,1-2H3/t19?,21-/m0/s1. The number of aliphatic hydroxyl groups excluding tert-OH is 1. The van der Waals surface area contributed by atoms with Crippen molar-refractivity contribution in [1.29, 1.82) is 0 Å². The van der Waals surface area contributed by atoms with Crippen LogP contribution >= 0.6 is 22.6 Å². The van der Waals surface area contributed by atoms with Gasteiger partial charge in [-0.15, -0.1) is 0 Å². The Morgan fingerprint density at radius 2 is 2.07 bits per heavy atom. The second-order valence-corrected chi connectivity index (χ2v) is 9.07. The van der Waals surface area contributed by atoms with Crippen molar-refractivity contribution in [2.45, 2.75) is 78.1 Å². The summed E-state index contributed by atoms with van der Waals surface area (Å²) in [5.41, 5.74) is -0.0421. The number of hydrogen-bond acceptors (Lipinski definition) is 5. The summed E-state index contributed by atoms with van der Waals surface area (Å²) >= 11 is 2.28. The number of halogens is 1. The number of hydrogen-bond donors (Lipinski definition) is 2. The summed E-state index contributed by atoms with van der Waals surface area (Å²) in [6, 6.07) is 0. The van der Waals surface area contributed by atoms with Gasteiger partial charge in [0.2, 0.25) is 0 Å². The van der Waals surface area contributed by atoms with Gasteiger partial charge in [0.1, 0.15) is 6.79 Å². The van der Waals surface area contributed by atoms with Gasteiger partial charge in [-0.1, -0.05) is 75.0 Å². The molecule has 0 spiro atoms.